The summed E-state index contributed by atoms with van der Waals surface area (Å²) in [4.78, 5) is 54.3. The van der Waals surface area contributed by atoms with Crippen molar-refractivity contribution in [3.05, 3.63) is 115 Å². The zero-order valence-corrected chi connectivity index (χ0v) is 40.2. The van der Waals surface area contributed by atoms with Gasteiger partial charge in [0.25, 0.3) is 5.88 Å². The fourth-order valence-corrected chi connectivity index (χ4v) is 10.7. The van der Waals surface area contributed by atoms with Crippen molar-refractivity contribution in [2.45, 2.75) is 104 Å². The van der Waals surface area contributed by atoms with Crippen LogP contribution in [0.4, 0.5) is 0 Å². The highest BCUT2D eigenvalue weighted by Gasteiger charge is 2.43. The minimum Gasteiger partial charge on any atom is -0.476 e. The highest BCUT2D eigenvalue weighted by Crippen LogP contribution is 2.40. The summed E-state index contributed by atoms with van der Waals surface area (Å²) < 4.78 is 13.6. The molecule has 6 heterocycles. The summed E-state index contributed by atoms with van der Waals surface area (Å²) in [6.07, 6.45) is 1.63. The van der Waals surface area contributed by atoms with Crippen LogP contribution in [-0.2, 0) is 20.9 Å². The van der Waals surface area contributed by atoms with E-state index in [2.05, 4.69) is 44.8 Å². The number of aliphatic hydroxyl groups excluding tert-OH is 1. The first-order chi connectivity index (χ1) is 31.8. The van der Waals surface area contributed by atoms with Crippen molar-refractivity contribution in [3.63, 3.8) is 0 Å². The van der Waals surface area contributed by atoms with E-state index in [1.807, 2.05) is 86.3 Å². The second-order valence-corrected chi connectivity index (χ2v) is 19.7. The number of hydrogen-bond donors (Lipinski definition) is 3. The van der Waals surface area contributed by atoms with Gasteiger partial charge in [-0.05, 0) is 86.9 Å². The van der Waals surface area contributed by atoms with Gasteiger partial charge in [0.15, 0.2) is 11.6 Å². The van der Waals surface area contributed by atoms with E-state index in [9.17, 15) is 19.5 Å². The van der Waals surface area contributed by atoms with Crippen molar-refractivity contribution >= 4 is 57.7 Å². The number of likely N-dealkylation sites (tertiary alicyclic amines) is 1. The van der Waals surface area contributed by atoms with Crippen molar-refractivity contribution in [3.8, 4) is 21.3 Å². The van der Waals surface area contributed by atoms with Crippen LogP contribution in [-0.4, -0.2) is 90.2 Å². The van der Waals surface area contributed by atoms with Crippen molar-refractivity contribution in [2.24, 2.45) is 10.9 Å². The number of benzene rings is 2. The first kappa shape index (κ1) is 46.8. The Kier molecular flexibility index (Phi) is 14.5. The van der Waals surface area contributed by atoms with Gasteiger partial charge in [0.05, 0.1) is 40.9 Å². The van der Waals surface area contributed by atoms with Crippen LogP contribution >= 0.6 is 34.3 Å². The first-order valence-electron chi connectivity index (χ1n) is 22.3. The summed E-state index contributed by atoms with van der Waals surface area (Å²) in [6.45, 7) is 13.0. The fraction of sp³-hybridized carbons (Fsp3) is 0.417. The lowest BCUT2D eigenvalue weighted by atomic mass is 9.91. The number of rotatable bonds is 17. The van der Waals surface area contributed by atoms with Crippen LogP contribution in [0, 0.1) is 33.6 Å². The van der Waals surface area contributed by atoms with Crippen molar-refractivity contribution in [1.82, 2.24) is 40.4 Å². The SMILES string of the molecule is Cc1ncsc1-c1ccc(CNC(=O)[C@@H]2C[C@@H](O)CN2C(=O)[C@@H](c2cc(OCCCCCNC(=O)CC3N=C(c4ccc(Cl)cc4)c4c(sc(C)c4C)-n4c(C)nnc43)no2)C(C)C)cc1. The largest absolute Gasteiger partial charge is 0.476 e. The summed E-state index contributed by atoms with van der Waals surface area (Å²) in [6, 6.07) is 15.8. The number of thiophene rings is 1. The third kappa shape index (κ3) is 10.1. The van der Waals surface area contributed by atoms with Crippen LogP contribution in [0.2, 0.25) is 5.02 Å². The van der Waals surface area contributed by atoms with E-state index in [-0.39, 0.29) is 55.5 Å². The minimum atomic E-state index is -0.831. The molecule has 2 aliphatic rings. The Morgan fingerprint density at radius 1 is 0.985 bits per heavy atom. The van der Waals surface area contributed by atoms with Crippen LogP contribution in [0.15, 0.2) is 69.6 Å². The van der Waals surface area contributed by atoms with E-state index in [0.29, 0.717) is 36.2 Å². The molecule has 1 fully saturated rings. The molecule has 6 aromatic rings. The number of aliphatic imine (C=N–C) groups is 1. The number of amides is 3. The molecule has 1 unspecified atom stereocenters. The number of carbonyl (C=O) groups excluding carboxylic acids is 3. The van der Waals surface area contributed by atoms with Crippen LogP contribution in [0.3, 0.4) is 0 Å². The molecule has 0 spiro atoms. The predicted molar refractivity (Wildman–Crippen MR) is 255 cm³/mol. The van der Waals surface area contributed by atoms with Gasteiger partial charge in [-0.3, -0.25) is 23.9 Å². The van der Waals surface area contributed by atoms with Gasteiger partial charge in [-0.2, -0.15) is 0 Å². The van der Waals surface area contributed by atoms with Crippen LogP contribution in [0.25, 0.3) is 15.4 Å². The Balaban J connectivity index is 0.808. The number of carbonyl (C=O) groups is 3. The molecule has 2 aliphatic heterocycles. The van der Waals surface area contributed by atoms with E-state index in [1.165, 1.54) is 9.78 Å². The lowest BCUT2D eigenvalue weighted by Crippen LogP contribution is -2.48. The number of aliphatic hydroxyl groups is 1. The number of aromatic nitrogens is 5. The van der Waals surface area contributed by atoms with Crippen molar-refractivity contribution in [1.29, 1.82) is 0 Å². The van der Waals surface area contributed by atoms with Gasteiger partial charge in [0.1, 0.15) is 28.8 Å². The average Bonchev–Trinajstić information content (AvgIpc) is 4.14. The number of β-amino-alcohol motifs (C(OH)–C–C–N with tert-alkyl or cyclic N) is 1. The average molecular weight is 953 g/mol. The van der Waals surface area contributed by atoms with E-state index < -0.39 is 24.1 Å². The standard InChI is InChI=1S/C48H54ClN9O6S2/c1-26(2)41(47(62)57-24-35(59)20-37(57)46(61)51-23-31-10-12-33(13-11-31)44-28(4)52-25-65-44)38-22-40(56-64-38)63-19-9-7-8-18-50-39(60)21-36-45-55-54-30(6)58(45)48-42(27(3)29(5)66-48)43(53-36)32-14-16-34(49)17-15-32/h10-17,22,25-26,35-37,41,59H,7-9,18-21,23-24H2,1-6H3,(H,50,60)(H,51,61)/t35-,36?,37+,41-/m1/s1. The lowest BCUT2D eigenvalue weighted by Gasteiger charge is -2.28. The summed E-state index contributed by atoms with van der Waals surface area (Å²) >= 11 is 9.50. The lowest BCUT2D eigenvalue weighted by molar-refractivity contribution is -0.141. The van der Waals surface area contributed by atoms with Crippen LogP contribution < -0.4 is 15.4 Å². The molecule has 8 rings (SSSR count). The fourth-order valence-electron chi connectivity index (χ4n) is 8.56. The maximum Gasteiger partial charge on any atom is 0.254 e. The maximum atomic E-state index is 14.1. The smallest absolute Gasteiger partial charge is 0.254 e. The monoisotopic (exact) mass is 951 g/mol. The molecule has 66 heavy (non-hydrogen) atoms. The molecule has 346 valence electrons. The summed E-state index contributed by atoms with van der Waals surface area (Å²) in [7, 11) is 0. The molecule has 0 radical (unpaired) electrons. The third-order valence-electron chi connectivity index (χ3n) is 12.2. The zero-order chi connectivity index (χ0) is 46.6. The number of unbranched alkanes of at least 4 members (excludes halogenated alkanes) is 2. The number of nitrogens with zero attached hydrogens (tertiary/aromatic N) is 7. The van der Waals surface area contributed by atoms with Gasteiger partial charge in [-0.25, -0.2) is 4.98 Å². The van der Waals surface area contributed by atoms with Crippen LogP contribution in [0.1, 0.15) is 108 Å². The van der Waals surface area contributed by atoms with E-state index in [1.54, 1.807) is 28.7 Å². The number of halogens is 1. The second-order valence-electron chi connectivity index (χ2n) is 17.2. The molecular formula is C48H54ClN9O6S2. The molecule has 2 aromatic carbocycles. The number of thiazole rings is 1. The molecule has 3 N–H and O–H groups in total. The highest BCUT2D eigenvalue weighted by molar-refractivity contribution is 7.15. The topological polar surface area (TPSA) is 190 Å². The summed E-state index contributed by atoms with van der Waals surface area (Å²) in [5, 5.41) is 31.3. The van der Waals surface area contributed by atoms with Gasteiger partial charge in [-0.1, -0.05) is 61.8 Å². The molecule has 1 saturated heterocycles. The third-order valence-corrected chi connectivity index (χ3v) is 14.6. The maximum absolute atomic E-state index is 14.1. The second kappa shape index (κ2) is 20.4. The van der Waals surface area contributed by atoms with E-state index >= 15 is 0 Å². The predicted octanol–water partition coefficient (Wildman–Crippen LogP) is 7.99. The number of aryl methyl sites for hydroxylation is 3. The van der Waals surface area contributed by atoms with Gasteiger partial charge in [-0.15, -0.1) is 32.9 Å². The van der Waals surface area contributed by atoms with Gasteiger partial charge >= 0.3 is 0 Å². The van der Waals surface area contributed by atoms with Crippen molar-refractivity contribution < 1.29 is 28.8 Å². The first-order valence-corrected chi connectivity index (χ1v) is 24.3. The van der Waals surface area contributed by atoms with Gasteiger partial charge in [0, 0.05) is 53.1 Å². The Morgan fingerprint density at radius 2 is 1.74 bits per heavy atom. The summed E-state index contributed by atoms with van der Waals surface area (Å²) in [5.41, 5.74) is 8.63. The van der Waals surface area contributed by atoms with Gasteiger partial charge in [0.2, 0.25) is 17.7 Å². The summed E-state index contributed by atoms with van der Waals surface area (Å²) in [5.74, 6) is 0.239. The molecule has 0 bridgehead atoms. The Bertz CT molecular complexity index is 2720. The molecule has 3 amide bonds. The Labute approximate surface area is 396 Å². The molecule has 4 atom stereocenters. The number of nitrogens with one attached hydrogen (secondary N) is 2. The molecular weight excluding hydrogens is 898 g/mol. The molecule has 15 nitrogen and oxygen atoms in total. The number of hydrogen-bond acceptors (Lipinski definition) is 13. The van der Waals surface area contributed by atoms with Crippen LogP contribution in [0.5, 0.6) is 5.88 Å². The quantitative estimate of drug-likeness (QED) is 0.0756. The van der Waals surface area contributed by atoms with E-state index in [4.69, 9.17) is 25.9 Å². The van der Waals surface area contributed by atoms with Gasteiger partial charge < -0.3 is 29.9 Å². The number of ether oxygens (including phenoxy) is 1. The highest BCUT2D eigenvalue weighted by atomic mass is 35.5. The number of fused-ring (bicyclic) bond motifs is 3. The van der Waals surface area contributed by atoms with E-state index in [0.717, 1.165) is 67.8 Å². The molecule has 0 aliphatic carbocycles. The molecule has 18 heteroatoms. The molecule has 0 saturated carbocycles. The normalized spacial score (nSPS) is 17.3. The van der Waals surface area contributed by atoms with Crippen molar-refractivity contribution in [2.75, 3.05) is 19.7 Å². The Hall–Kier alpha value is -5.75. The Morgan fingerprint density at radius 3 is 2.47 bits per heavy atom. The minimum absolute atomic E-state index is 0.0407. The molecule has 4 aromatic heterocycles. The zero-order valence-electron chi connectivity index (χ0n) is 37.8.